The first kappa shape index (κ1) is 18.8. The van der Waals surface area contributed by atoms with E-state index in [1.54, 1.807) is 20.8 Å². The van der Waals surface area contributed by atoms with Gasteiger partial charge in [-0.1, -0.05) is 15.9 Å². The van der Waals surface area contributed by atoms with E-state index in [1.165, 1.54) is 18.9 Å². The van der Waals surface area contributed by atoms with Crippen molar-refractivity contribution < 1.29 is 19.1 Å². The summed E-state index contributed by atoms with van der Waals surface area (Å²) in [4.78, 5) is 24.6. The van der Waals surface area contributed by atoms with Crippen molar-refractivity contribution in [3.05, 3.63) is 28.7 Å². The Hall–Kier alpha value is -1.21. The lowest BCUT2D eigenvalue weighted by atomic mass is 10.2. The van der Waals surface area contributed by atoms with Crippen LogP contribution < -0.4 is 5.32 Å². The number of esters is 1. The van der Waals surface area contributed by atoms with Gasteiger partial charge in [0, 0.05) is 15.1 Å². The molecule has 22 heavy (non-hydrogen) atoms. The molecule has 1 unspecified atom stereocenters. The van der Waals surface area contributed by atoms with Crippen LogP contribution in [0.25, 0.3) is 0 Å². The molecular weight excluding hydrogens is 370 g/mol. The number of carbonyl (C=O) groups is 2. The van der Waals surface area contributed by atoms with E-state index in [4.69, 9.17) is 9.47 Å². The molecule has 0 bridgehead atoms. The second-order valence-corrected chi connectivity index (χ2v) is 7.50. The molecule has 0 heterocycles. The molecule has 7 heteroatoms. The van der Waals surface area contributed by atoms with Crippen LogP contribution >= 0.6 is 27.7 Å². The van der Waals surface area contributed by atoms with Gasteiger partial charge in [-0.2, -0.15) is 0 Å². The van der Waals surface area contributed by atoms with E-state index < -0.39 is 23.7 Å². The zero-order valence-electron chi connectivity index (χ0n) is 13.0. The largest absolute Gasteiger partial charge is 0.467 e. The molecule has 5 nitrogen and oxygen atoms in total. The fourth-order valence-corrected chi connectivity index (χ4v) is 2.64. The molecule has 0 aliphatic heterocycles. The lowest BCUT2D eigenvalue weighted by Gasteiger charge is -2.22. The number of nitrogens with one attached hydrogen (secondary N) is 1. The topological polar surface area (TPSA) is 64.6 Å². The van der Waals surface area contributed by atoms with Crippen LogP contribution in [0.2, 0.25) is 0 Å². The smallest absolute Gasteiger partial charge is 0.408 e. The number of hydrogen-bond acceptors (Lipinski definition) is 5. The summed E-state index contributed by atoms with van der Waals surface area (Å²) in [7, 11) is 1.29. The van der Waals surface area contributed by atoms with Crippen molar-refractivity contribution in [3.63, 3.8) is 0 Å². The van der Waals surface area contributed by atoms with Crippen LogP contribution in [0.3, 0.4) is 0 Å². The lowest BCUT2D eigenvalue weighted by molar-refractivity contribution is -0.142. The molecule has 0 aliphatic rings. The molecule has 0 radical (unpaired) electrons. The second-order valence-electron chi connectivity index (χ2n) is 5.49. The maximum Gasteiger partial charge on any atom is 0.408 e. The van der Waals surface area contributed by atoms with Crippen LogP contribution in [0, 0.1) is 0 Å². The van der Waals surface area contributed by atoms with E-state index in [0.717, 1.165) is 9.37 Å². The predicted octanol–water partition coefficient (Wildman–Crippen LogP) is 3.61. The molecule has 1 amide bonds. The fraction of sp³-hybridized carbons (Fsp3) is 0.467. The number of hydrogen-bond donors (Lipinski definition) is 1. The molecule has 1 N–H and O–H groups in total. The van der Waals surface area contributed by atoms with E-state index in [2.05, 4.69) is 21.2 Å². The summed E-state index contributed by atoms with van der Waals surface area (Å²) in [6.45, 7) is 5.28. The highest BCUT2D eigenvalue weighted by Gasteiger charge is 2.25. The number of rotatable bonds is 5. The van der Waals surface area contributed by atoms with Crippen LogP contribution in [0.1, 0.15) is 20.8 Å². The third kappa shape index (κ3) is 7.17. The van der Waals surface area contributed by atoms with Crippen molar-refractivity contribution in [2.75, 3.05) is 12.9 Å². The highest BCUT2D eigenvalue weighted by Crippen LogP contribution is 2.21. The Morgan fingerprint density at radius 1 is 1.27 bits per heavy atom. The van der Waals surface area contributed by atoms with Crippen LogP contribution in [0.15, 0.2) is 33.6 Å². The van der Waals surface area contributed by atoms with E-state index >= 15 is 0 Å². The summed E-state index contributed by atoms with van der Waals surface area (Å²) in [6, 6.07) is 6.91. The first-order chi connectivity index (χ1) is 10.2. The summed E-state index contributed by atoms with van der Waals surface area (Å²) in [5.74, 6) is -0.149. The summed E-state index contributed by atoms with van der Waals surface area (Å²) in [5.41, 5.74) is -0.621. The van der Waals surface area contributed by atoms with Gasteiger partial charge in [-0.25, -0.2) is 9.59 Å². The Morgan fingerprint density at radius 2 is 1.86 bits per heavy atom. The average Bonchev–Trinajstić information content (AvgIpc) is 2.42. The second kappa shape index (κ2) is 8.43. The number of ether oxygens (including phenoxy) is 2. The van der Waals surface area contributed by atoms with Gasteiger partial charge in [-0.3, -0.25) is 0 Å². The zero-order valence-corrected chi connectivity index (χ0v) is 15.4. The molecule has 1 atom stereocenters. The Morgan fingerprint density at radius 3 is 2.36 bits per heavy atom. The molecule has 0 aromatic heterocycles. The molecule has 122 valence electrons. The quantitative estimate of drug-likeness (QED) is 0.615. The fourth-order valence-electron chi connectivity index (χ4n) is 1.47. The van der Waals surface area contributed by atoms with Gasteiger partial charge in [0.25, 0.3) is 0 Å². The molecule has 0 saturated heterocycles. The van der Waals surface area contributed by atoms with Crippen molar-refractivity contribution in [1.82, 2.24) is 5.32 Å². The molecular formula is C15H20BrNO4S. The summed E-state index contributed by atoms with van der Waals surface area (Å²) < 4.78 is 10.9. The van der Waals surface area contributed by atoms with E-state index in [-0.39, 0.29) is 0 Å². The van der Waals surface area contributed by atoms with E-state index in [1.807, 2.05) is 24.3 Å². The van der Waals surface area contributed by atoms with Crippen LogP contribution in [-0.2, 0) is 14.3 Å². The van der Waals surface area contributed by atoms with Gasteiger partial charge in [-0.15, -0.1) is 11.8 Å². The maximum atomic E-state index is 11.8. The summed E-state index contributed by atoms with van der Waals surface area (Å²) >= 11 is 4.81. The monoisotopic (exact) mass is 389 g/mol. The SMILES string of the molecule is COC(=O)C(CSc1ccc(Br)cc1)NC(=O)OC(C)(C)C. The Balaban J connectivity index is 2.63. The number of alkyl carbamates (subject to hydrolysis) is 1. The Bertz CT molecular complexity index is 513. The molecule has 0 aliphatic carbocycles. The van der Waals surface area contributed by atoms with Crippen LogP contribution in [0.4, 0.5) is 4.79 Å². The van der Waals surface area contributed by atoms with E-state index in [9.17, 15) is 9.59 Å². The highest BCUT2D eigenvalue weighted by molar-refractivity contribution is 9.10. The number of amides is 1. The molecule has 1 rings (SSSR count). The molecule has 0 spiro atoms. The molecule has 1 aromatic rings. The van der Waals surface area contributed by atoms with Gasteiger partial charge in [0.2, 0.25) is 0 Å². The molecule has 1 aromatic carbocycles. The lowest BCUT2D eigenvalue weighted by Crippen LogP contribution is -2.45. The Labute approximate surface area is 143 Å². The van der Waals surface area contributed by atoms with Crippen molar-refractivity contribution in [3.8, 4) is 0 Å². The van der Waals surface area contributed by atoms with Crippen LogP contribution in [-0.4, -0.2) is 36.6 Å². The predicted molar refractivity (Wildman–Crippen MR) is 90.0 cm³/mol. The van der Waals surface area contributed by atoms with Gasteiger partial charge < -0.3 is 14.8 Å². The first-order valence-corrected chi connectivity index (χ1v) is 8.45. The van der Waals surface area contributed by atoms with Gasteiger partial charge in [-0.05, 0) is 45.0 Å². The number of halogens is 1. The molecule has 0 fully saturated rings. The van der Waals surface area contributed by atoms with Gasteiger partial charge in [0.05, 0.1) is 7.11 Å². The minimum atomic E-state index is -0.770. The van der Waals surface area contributed by atoms with Crippen molar-refractivity contribution in [2.45, 2.75) is 37.3 Å². The number of carbonyl (C=O) groups excluding carboxylic acids is 2. The zero-order chi connectivity index (χ0) is 16.8. The third-order valence-corrected chi connectivity index (χ3v) is 4.04. The first-order valence-electron chi connectivity index (χ1n) is 6.67. The third-order valence-electron chi connectivity index (χ3n) is 2.41. The van der Waals surface area contributed by atoms with Crippen molar-refractivity contribution in [1.29, 1.82) is 0 Å². The number of methoxy groups -OCH3 is 1. The highest BCUT2D eigenvalue weighted by atomic mass is 79.9. The number of benzene rings is 1. The van der Waals surface area contributed by atoms with Crippen LogP contribution in [0.5, 0.6) is 0 Å². The Kier molecular flexibility index (Phi) is 7.22. The standard InChI is InChI=1S/C15H20BrNO4S/c1-15(2,3)21-14(19)17-12(13(18)20-4)9-22-11-7-5-10(16)6-8-11/h5-8,12H,9H2,1-4H3,(H,17,19). The van der Waals surface area contributed by atoms with E-state index in [0.29, 0.717) is 5.75 Å². The maximum absolute atomic E-state index is 11.8. The minimum absolute atomic E-state index is 0.355. The van der Waals surface area contributed by atoms with Gasteiger partial charge in [0.1, 0.15) is 11.6 Å². The minimum Gasteiger partial charge on any atom is -0.467 e. The van der Waals surface area contributed by atoms with Gasteiger partial charge in [0.15, 0.2) is 0 Å². The molecule has 0 saturated carbocycles. The summed E-state index contributed by atoms with van der Waals surface area (Å²) in [6.07, 6.45) is -0.640. The average molecular weight is 390 g/mol. The van der Waals surface area contributed by atoms with Crippen molar-refractivity contribution >= 4 is 39.8 Å². The van der Waals surface area contributed by atoms with Gasteiger partial charge >= 0.3 is 12.1 Å². The number of thioether (sulfide) groups is 1. The summed E-state index contributed by atoms with van der Waals surface area (Å²) in [5, 5.41) is 2.54. The normalized spacial score (nSPS) is 12.4. The van der Waals surface area contributed by atoms with Crippen molar-refractivity contribution in [2.24, 2.45) is 0 Å².